The van der Waals surface area contributed by atoms with Crippen LogP contribution in [0.4, 0.5) is 0 Å². The molecule has 0 atom stereocenters. The summed E-state index contributed by atoms with van der Waals surface area (Å²) in [4.78, 5) is 0. The number of halogens is 2. The Balaban J connectivity index is 2.38. The third kappa shape index (κ3) is 2.28. The summed E-state index contributed by atoms with van der Waals surface area (Å²) in [6, 6.07) is 5.23. The van der Waals surface area contributed by atoms with E-state index in [1.165, 1.54) is 0 Å². The molecule has 1 aliphatic rings. The molecule has 82 valence electrons. The van der Waals surface area contributed by atoms with Crippen LogP contribution in [0.2, 0.25) is 10.0 Å². The predicted octanol–water partition coefficient (Wildman–Crippen LogP) is 2.56. The minimum Gasteiger partial charge on any atom is -0.385 e. The maximum atomic E-state index is 10.5. The Kier molecular flexibility index (Phi) is 3.21. The molecule has 1 heterocycles. The first-order valence-corrected chi connectivity index (χ1v) is 5.76. The van der Waals surface area contributed by atoms with Crippen molar-refractivity contribution in [1.29, 1.82) is 0 Å². The van der Waals surface area contributed by atoms with Gasteiger partial charge in [0.25, 0.3) is 0 Å². The van der Waals surface area contributed by atoms with Crippen LogP contribution in [0.5, 0.6) is 0 Å². The van der Waals surface area contributed by atoms with E-state index in [-0.39, 0.29) is 0 Å². The summed E-state index contributed by atoms with van der Waals surface area (Å²) in [6.07, 6.45) is 1.35. The van der Waals surface area contributed by atoms with E-state index in [4.69, 9.17) is 23.2 Å². The van der Waals surface area contributed by atoms with E-state index >= 15 is 0 Å². The first-order valence-electron chi connectivity index (χ1n) is 5.00. The summed E-state index contributed by atoms with van der Waals surface area (Å²) >= 11 is 12.0. The molecular formula is C11H13Cl2NO. The number of hydrogen-bond donors (Lipinski definition) is 2. The van der Waals surface area contributed by atoms with E-state index < -0.39 is 5.60 Å². The molecule has 0 spiro atoms. The van der Waals surface area contributed by atoms with Gasteiger partial charge in [-0.3, -0.25) is 0 Å². The topological polar surface area (TPSA) is 32.3 Å². The molecule has 0 amide bonds. The number of rotatable bonds is 1. The average Bonchev–Trinajstić information content (AvgIpc) is 2.23. The molecule has 0 aromatic heterocycles. The van der Waals surface area contributed by atoms with Gasteiger partial charge in [0, 0.05) is 15.6 Å². The van der Waals surface area contributed by atoms with Crippen LogP contribution >= 0.6 is 23.2 Å². The highest BCUT2D eigenvalue weighted by Crippen LogP contribution is 2.36. The van der Waals surface area contributed by atoms with Crippen LogP contribution in [0.1, 0.15) is 18.4 Å². The second-order valence-electron chi connectivity index (χ2n) is 3.91. The summed E-state index contributed by atoms with van der Waals surface area (Å²) in [7, 11) is 0. The van der Waals surface area contributed by atoms with Gasteiger partial charge in [-0.1, -0.05) is 23.2 Å². The van der Waals surface area contributed by atoms with E-state index in [0.717, 1.165) is 18.7 Å². The Morgan fingerprint density at radius 3 is 2.53 bits per heavy atom. The number of hydrogen-bond acceptors (Lipinski definition) is 2. The Morgan fingerprint density at radius 1 is 1.20 bits per heavy atom. The molecule has 2 N–H and O–H groups in total. The van der Waals surface area contributed by atoms with Crippen LogP contribution in [0.3, 0.4) is 0 Å². The highest BCUT2D eigenvalue weighted by Gasteiger charge is 2.32. The first-order chi connectivity index (χ1) is 7.12. The quantitative estimate of drug-likeness (QED) is 0.798. The summed E-state index contributed by atoms with van der Waals surface area (Å²) in [5.74, 6) is 0. The molecular weight excluding hydrogens is 233 g/mol. The smallest absolute Gasteiger partial charge is 0.0935 e. The van der Waals surface area contributed by atoms with Gasteiger partial charge < -0.3 is 10.4 Å². The largest absolute Gasteiger partial charge is 0.385 e. The standard InChI is InChI=1S/C11H13Cl2NO/c12-8-1-2-10(13)9(7-8)11(15)3-5-14-6-4-11/h1-2,7,14-15H,3-6H2. The number of benzene rings is 1. The van der Waals surface area contributed by atoms with Crippen LogP contribution in [-0.4, -0.2) is 18.2 Å². The zero-order valence-corrected chi connectivity index (χ0v) is 9.78. The molecule has 1 aliphatic heterocycles. The second kappa shape index (κ2) is 4.30. The molecule has 0 saturated carbocycles. The predicted molar refractivity (Wildman–Crippen MR) is 62.5 cm³/mol. The van der Waals surface area contributed by atoms with Crippen molar-refractivity contribution < 1.29 is 5.11 Å². The van der Waals surface area contributed by atoms with Crippen LogP contribution in [0, 0.1) is 0 Å². The molecule has 1 aromatic carbocycles. The van der Waals surface area contributed by atoms with Crippen LogP contribution < -0.4 is 5.32 Å². The normalized spacial score (nSPS) is 20.2. The van der Waals surface area contributed by atoms with E-state index in [9.17, 15) is 5.11 Å². The van der Waals surface area contributed by atoms with Gasteiger partial charge >= 0.3 is 0 Å². The van der Waals surface area contributed by atoms with Gasteiger partial charge in [-0.05, 0) is 44.1 Å². The molecule has 1 saturated heterocycles. The zero-order valence-electron chi connectivity index (χ0n) is 8.26. The highest BCUT2D eigenvalue weighted by atomic mass is 35.5. The number of aliphatic hydroxyl groups is 1. The number of piperidine rings is 1. The van der Waals surface area contributed by atoms with Gasteiger partial charge in [0.15, 0.2) is 0 Å². The summed E-state index contributed by atoms with van der Waals surface area (Å²) in [5, 5.41) is 14.9. The van der Waals surface area contributed by atoms with Gasteiger partial charge in [-0.2, -0.15) is 0 Å². The fourth-order valence-corrected chi connectivity index (χ4v) is 2.43. The Hall–Kier alpha value is -0.280. The van der Waals surface area contributed by atoms with E-state index in [1.807, 2.05) is 0 Å². The summed E-state index contributed by atoms with van der Waals surface area (Å²) < 4.78 is 0. The molecule has 1 aromatic rings. The molecule has 0 radical (unpaired) electrons. The lowest BCUT2D eigenvalue weighted by molar-refractivity contribution is 0.00605. The van der Waals surface area contributed by atoms with Gasteiger partial charge in [-0.15, -0.1) is 0 Å². The fourth-order valence-electron chi connectivity index (χ4n) is 1.96. The van der Waals surface area contributed by atoms with Crippen molar-refractivity contribution in [1.82, 2.24) is 5.32 Å². The molecule has 15 heavy (non-hydrogen) atoms. The van der Waals surface area contributed by atoms with Gasteiger partial charge in [0.1, 0.15) is 0 Å². The number of nitrogens with one attached hydrogen (secondary N) is 1. The minimum absolute atomic E-state index is 0.587. The Bertz CT molecular complexity index is 362. The highest BCUT2D eigenvalue weighted by molar-refractivity contribution is 6.33. The molecule has 0 bridgehead atoms. The molecule has 0 aliphatic carbocycles. The average molecular weight is 246 g/mol. The molecule has 2 rings (SSSR count). The first kappa shape index (κ1) is 11.2. The Labute approximate surface area is 99.2 Å². The molecule has 0 unspecified atom stereocenters. The molecule has 2 nitrogen and oxygen atoms in total. The lowest BCUT2D eigenvalue weighted by atomic mass is 9.85. The maximum Gasteiger partial charge on any atom is 0.0935 e. The zero-order chi connectivity index (χ0) is 10.9. The summed E-state index contributed by atoms with van der Waals surface area (Å²) in [6.45, 7) is 1.61. The molecule has 4 heteroatoms. The lowest BCUT2D eigenvalue weighted by Crippen LogP contribution is -2.39. The monoisotopic (exact) mass is 245 g/mol. The van der Waals surface area contributed by atoms with Crippen molar-refractivity contribution in [3.63, 3.8) is 0 Å². The van der Waals surface area contributed by atoms with Crippen molar-refractivity contribution in [3.8, 4) is 0 Å². The van der Waals surface area contributed by atoms with Crippen LogP contribution in [0.25, 0.3) is 0 Å². The van der Waals surface area contributed by atoms with Gasteiger partial charge in [0.2, 0.25) is 0 Å². The third-order valence-electron chi connectivity index (χ3n) is 2.86. The van der Waals surface area contributed by atoms with Gasteiger partial charge in [0.05, 0.1) is 5.60 Å². The Morgan fingerprint density at radius 2 is 1.87 bits per heavy atom. The van der Waals surface area contributed by atoms with Crippen LogP contribution in [-0.2, 0) is 5.60 Å². The third-order valence-corrected chi connectivity index (χ3v) is 3.43. The van der Waals surface area contributed by atoms with E-state index in [2.05, 4.69) is 5.32 Å². The molecule has 1 fully saturated rings. The second-order valence-corrected chi connectivity index (χ2v) is 4.75. The lowest BCUT2D eigenvalue weighted by Gasteiger charge is -2.33. The van der Waals surface area contributed by atoms with Crippen LogP contribution in [0.15, 0.2) is 18.2 Å². The maximum absolute atomic E-state index is 10.5. The van der Waals surface area contributed by atoms with E-state index in [1.54, 1.807) is 18.2 Å². The van der Waals surface area contributed by atoms with Crippen molar-refractivity contribution in [2.24, 2.45) is 0 Å². The fraction of sp³-hybridized carbons (Fsp3) is 0.455. The minimum atomic E-state index is -0.826. The summed E-state index contributed by atoms with van der Waals surface area (Å²) in [5.41, 5.74) is -0.0779. The van der Waals surface area contributed by atoms with Gasteiger partial charge in [-0.25, -0.2) is 0 Å². The van der Waals surface area contributed by atoms with Crippen molar-refractivity contribution >= 4 is 23.2 Å². The van der Waals surface area contributed by atoms with E-state index in [0.29, 0.717) is 22.9 Å². The van der Waals surface area contributed by atoms with Crippen molar-refractivity contribution in [2.45, 2.75) is 18.4 Å². The van der Waals surface area contributed by atoms with Crippen molar-refractivity contribution in [3.05, 3.63) is 33.8 Å². The van der Waals surface area contributed by atoms with Crippen molar-refractivity contribution in [2.75, 3.05) is 13.1 Å². The SMILES string of the molecule is OC1(c2cc(Cl)ccc2Cl)CCNCC1.